The molecule has 2 unspecified atom stereocenters. The van der Waals surface area contributed by atoms with Crippen LogP contribution in [0.2, 0.25) is 0 Å². The Bertz CT molecular complexity index is 1290. The molecule has 2 saturated carbocycles. The Morgan fingerprint density at radius 2 is 1.73 bits per heavy atom. The minimum atomic E-state index is -2.80. The molecule has 37 heavy (non-hydrogen) atoms. The number of amides is 1. The second-order valence-corrected chi connectivity index (χ2v) is 11.3. The number of nitrogens with two attached hydrogens (primary N) is 1. The number of primary amides is 1. The fourth-order valence-electron chi connectivity index (χ4n) is 6.96. The maximum Gasteiger partial charge on any atom is 0.235 e. The Kier molecular flexibility index (Phi) is 5.71. The average molecular weight is 516 g/mol. The van der Waals surface area contributed by atoms with Gasteiger partial charge in [-0.25, -0.2) is 4.39 Å². The summed E-state index contributed by atoms with van der Waals surface area (Å²) in [4.78, 5) is 69.3. The predicted octanol–water partition coefficient (Wildman–Crippen LogP) is -0.270. The van der Waals surface area contributed by atoms with E-state index >= 15 is 4.39 Å². The summed E-state index contributed by atoms with van der Waals surface area (Å²) in [6, 6.07) is -1.13. The molecule has 4 N–H and O–H groups in total. The molecule has 4 aliphatic rings. The number of nitrogens with zero attached hydrogens (tertiary/aromatic N) is 2. The number of hydrogen-bond acceptors (Lipinski definition) is 9. The van der Waals surface area contributed by atoms with Crippen LogP contribution in [-0.2, 0) is 38.7 Å². The van der Waals surface area contributed by atoms with Crippen molar-refractivity contribution in [3.05, 3.63) is 28.1 Å². The van der Waals surface area contributed by atoms with Gasteiger partial charge in [-0.1, -0.05) is 0 Å². The second kappa shape index (κ2) is 8.24. The van der Waals surface area contributed by atoms with Crippen LogP contribution in [0.1, 0.15) is 47.3 Å². The van der Waals surface area contributed by atoms with Crippen LogP contribution < -0.4 is 5.73 Å². The van der Waals surface area contributed by atoms with Crippen LogP contribution in [0.4, 0.5) is 4.39 Å². The van der Waals surface area contributed by atoms with Crippen molar-refractivity contribution in [3.8, 4) is 5.75 Å². The number of carbonyl (C=O) groups excluding carboxylic acids is 5. The highest BCUT2D eigenvalue weighted by Crippen LogP contribution is 2.52. The van der Waals surface area contributed by atoms with E-state index in [4.69, 9.17) is 5.73 Å². The van der Waals surface area contributed by atoms with Gasteiger partial charge in [0.1, 0.15) is 11.6 Å². The lowest BCUT2D eigenvalue weighted by molar-refractivity contribution is -0.181. The maximum absolute atomic E-state index is 15.8. The van der Waals surface area contributed by atoms with Crippen LogP contribution in [0, 0.1) is 29.5 Å². The molecule has 0 saturated heterocycles. The molecule has 10 nitrogen and oxygen atoms in total. The molecule has 198 valence electrons. The molecular formula is C26H30FN3O7. The van der Waals surface area contributed by atoms with Crippen LogP contribution in [0.15, 0.2) is 0 Å². The summed E-state index contributed by atoms with van der Waals surface area (Å²) in [7, 11) is 3.02. The van der Waals surface area contributed by atoms with Crippen molar-refractivity contribution in [1.82, 2.24) is 9.80 Å². The van der Waals surface area contributed by atoms with Gasteiger partial charge in [0.05, 0.1) is 17.5 Å². The lowest BCUT2D eigenvalue weighted by Crippen LogP contribution is -2.74. The third kappa shape index (κ3) is 3.23. The first-order valence-electron chi connectivity index (χ1n) is 12.4. The molecule has 0 bridgehead atoms. The summed E-state index contributed by atoms with van der Waals surface area (Å²) >= 11 is 0. The van der Waals surface area contributed by atoms with Gasteiger partial charge in [-0.15, -0.1) is 0 Å². The predicted molar refractivity (Wildman–Crippen MR) is 126 cm³/mol. The van der Waals surface area contributed by atoms with E-state index in [9.17, 15) is 34.2 Å². The Balaban J connectivity index is 1.64. The molecule has 11 heteroatoms. The van der Waals surface area contributed by atoms with E-state index in [-0.39, 0.29) is 54.4 Å². The molecule has 5 rings (SSSR count). The minimum Gasteiger partial charge on any atom is -0.507 e. The van der Waals surface area contributed by atoms with Gasteiger partial charge in [0, 0.05) is 41.7 Å². The highest BCUT2D eigenvalue weighted by Gasteiger charge is 2.69. The molecular weight excluding hydrogens is 485 g/mol. The minimum absolute atomic E-state index is 0.0104. The highest BCUT2D eigenvalue weighted by atomic mass is 19.1. The van der Waals surface area contributed by atoms with Crippen LogP contribution in [-0.4, -0.2) is 80.8 Å². The summed E-state index contributed by atoms with van der Waals surface area (Å²) in [5.74, 6) is -12.0. The van der Waals surface area contributed by atoms with E-state index in [1.165, 1.54) is 19.0 Å². The number of rotatable bonds is 3. The van der Waals surface area contributed by atoms with Gasteiger partial charge in [-0.3, -0.25) is 33.8 Å². The number of aromatic hydroxyl groups is 1. The van der Waals surface area contributed by atoms with Gasteiger partial charge in [0.15, 0.2) is 34.7 Å². The number of hydrogen-bond donors (Lipinski definition) is 3. The zero-order chi connectivity index (χ0) is 27.3. The number of fused-ring (bicyclic) bond motifs is 4. The maximum atomic E-state index is 15.8. The Hall–Kier alpha value is -3.02. The number of halogens is 1. The van der Waals surface area contributed by atoms with Crippen molar-refractivity contribution in [1.29, 1.82) is 0 Å². The van der Waals surface area contributed by atoms with E-state index in [0.717, 1.165) is 0 Å². The van der Waals surface area contributed by atoms with E-state index < -0.39 is 70.2 Å². The fourth-order valence-corrected chi connectivity index (χ4v) is 6.96. The molecule has 6 atom stereocenters. The number of Topliss-reactive ketones (excluding diaryl/α,β-unsaturated/α-hetero) is 4. The third-order valence-electron chi connectivity index (χ3n) is 8.83. The van der Waals surface area contributed by atoms with Crippen LogP contribution in [0.3, 0.4) is 0 Å². The monoisotopic (exact) mass is 515 g/mol. The van der Waals surface area contributed by atoms with Gasteiger partial charge in [0.25, 0.3) is 0 Å². The molecule has 1 aromatic rings. The summed E-state index contributed by atoms with van der Waals surface area (Å²) in [5.41, 5.74) is 2.83. The smallest absolute Gasteiger partial charge is 0.235 e. The zero-order valence-electron chi connectivity index (χ0n) is 21.1. The first-order valence-corrected chi connectivity index (χ1v) is 12.4. The van der Waals surface area contributed by atoms with E-state index in [0.29, 0.717) is 5.56 Å². The SMILES string of the molecule is CC(C)N1Cc2c(O)c3c(c(F)c2C1)C[C@H]1C[C@H]2[C@H](N(C)C)C(=O)C(C(N)=O)C(=O)[C@@]2(O)C(=O)C1C3=O. The molecule has 0 aromatic heterocycles. The standard InChI is InChI=1S/C26H30FN3O7/c1-9(2)30-7-12-13(8-30)20(31)16-11(18(12)27)5-10-6-14-19(29(3)4)22(33)17(25(28)36)24(35)26(14,37)23(34)15(10)21(16)32/h9-10,14-15,17,19,31,37H,5-8H2,1-4H3,(H2,28,36)/t10-,14-,15?,17?,19-,26-/m0/s1. The topological polar surface area (TPSA) is 158 Å². The van der Waals surface area contributed by atoms with Gasteiger partial charge in [-0.2, -0.15) is 0 Å². The van der Waals surface area contributed by atoms with Crippen LogP contribution >= 0.6 is 0 Å². The van der Waals surface area contributed by atoms with E-state index in [1.807, 2.05) is 18.7 Å². The van der Waals surface area contributed by atoms with E-state index in [1.54, 1.807) is 0 Å². The van der Waals surface area contributed by atoms with E-state index in [2.05, 4.69) is 0 Å². The molecule has 1 aromatic carbocycles. The molecule has 0 spiro atoms. The Labute approximate surface area is 212 Å². The zero-order valence-corrected chi connectivity index (χ0v) is 21.1. The van der Waals surface area contributed by atoms with Crippen LogP contribution in [0.5, 0.6) is 5.75 Å². The number of likely N-dealkylation sites (N-methyl/N-ethyl adjacent to an activating group) is 1. The normalized spacial score (nSPS) is 33.5. The van der Waals surface area contributed by atoms with Crippen molar-refractivity contribution >= 4 is 29.0 Å². The number of ketones is 4. The van der Waals surface area contributed by atoms with Crippen molar-refractivity contribution in [2.75, 3.05) is 14.1 Å². The second-order valence-electron chi connectivity index (χ2n) is 11.3. The summed E-state index contributed by atoms with van der Waals surface area (Å²) < 4.78 is 15.8. The summed E-state index contributed by atoms with van der Waals surface area (Å²) in [6.45, 7) is 4.36. The number of phenolic OH excluding ortho intramolecular Hbond substituents is 1. The largest absolute Gasteiger partial charge is 0.507 e. The van der Waals surface area contributed by atoms with Crippen molar-refractivity contribution in [2.24, 2.45) is 29.4 Å². The lowest BCUT2D eigenvalue weighted by atomic mass is 9.52. The van der Waals surface area contributed by atoms with Gasteiger partial charge in [-0.05, 0) is 46.7 Å². The number of carbonyl (C=O) groups is 5. The summed E-state index contributed by atoms with van der Waals surface area (Å²) in [6.07, 6.45) is -0.195. The molecule has 3 aliphatic carbocycles. The number of aliphatic hydroxyl groups is 1. The number of benzene rings is 1. The first-order chi connectivity index (χ1) is 17.2. The third-order valence-corrected chi connectivity index (χ3v) is 8.83. The van der Waals surface area contributed by atoms with Gasteiger partial charge >= 0.3 is 0 Å². The average Bonchev–Trinajstić information content (AvgIpc) is 3.26. The Morgan fingerprint density at radius 1 is 1.11 bits per heavy atom. The van der Waals surface area contributed by atoms with Gasteiger partial charge < -0.3 is 15.9 Å². The van der Waals surface area contributed by atoms with Crippen molar-refractivity contribution < 1.29 is 38.6 Å². The highest BCUT2D eigenvalue weighted by molar-refractivity contribution is 6.32. The summed E-state index contributed by atoms with van der Waals surface area (Å²) in [5, 5.41) is 22.7. The quantitative estimate of drug-likeness (QED) is 0.461. The van der Waals surface area contributed by atoms with Crippen LogP contribution in [0.25, 0.3) is 0 Å². The molecule has 0 radical (unpaired) electrons. The first kappa shape index (κ1) is 25.6. The Morgan fingerprint density at radius 3 is 2.30 bits per heavy atom. The molecule has 1 aliphatic heterocycles. The lowest BCUT2D eigenvalue weighted by Gasteiger charge is -2.52. The van der Waals surface area contributed by atoms with Crippen molar-refractivity contribution in [3.63, 3.8) is 0 Å². The molecule has 2 fully saturated rings. The van der Waals surface area contributed by atoms with Gasteiger partial charge in [0.2, 0.25) is 5.91 Å². The molecule has 1 amide bonds. The van der Waals surface area contributed by atoms with Crippen molar-refractivity contribution in [2.45, 2.75) is 57.5 Å². The molecule has 1 heterocycles. The fraction of sp³-hybridized carbons (Fsp3) is 0.577. The number of phenols is 1.